The molecule has 0 aromatic rings. The number of hydrogen-bond acceptors (Lipinski definition) is 1. The second-order valence-electron chi connectivity index (χ2n) is 6.83. The minimum Gasteiger partial charge on any atom is -0.311 e. The third-order valence-corrected chi connectivity index (χ3v) is 5.05. The monoisotopic (exact) mass is 255 g/mol. The van der Waals surface area contributed by atoms with Gasteiger partial charge in [-0.05, 0) is 37.5 Å². The van der Waals surface area contributed by atoms with E-state index in [1.807, 2.05) is 0 Å². The molecule has 0 aliphatic heterocycles. The van der Waals surface area contributed by atoms with Gasteiger partial charge in [0.05, 0.1) is 0 Å². The van der Waals surface area contributed by atoms with E-state index < -0.39 is 0 Å². The molecular weight excluding hydrogens is 218 g/mol. The van der Waals surface area contributed by atoms with Crippen LogP contribution in [0.1, 0.15) is 74.7 Å². The van der Waals surface area contributed by atoms with Crippen LogP contribution in [0.25, 0.3) is 0 Å². The Bertz CT molecular complexity index is 200. The molecule has 0 aromatic heterocycles. The van der Waals surface area contributed by atoms with Gasteiger partial charge in [0.25, 0.3) is 0 Å². The third-order valence-electron chi connectivity index (χ3n) is 5.05. The quantitative estimate of drug-likeness (QED) is 0.604. The van der Waals surface area contributed by atoms with E-state index >= 15 is 0 Å². The molecular formula is C17H37N. The average Bonchev–Trinajstić information content (AvgIpc) is 2.33. The summed E-state index contributed by atoms with van der Waals surface area (Å²) in [5.41, 5.74) is 0. The first-order valence-electron chi connectivity index (χ1n) is 8.07. The molecule has 0 saturated heterocycles. The highest BCUT2D eigenvalue weighted by atomic mass is 14.9. The summed E-state index contributed by atoms with van der Waals surface area (Å²) in [4.78, 5) is 0. The van der Waals surface area contributed by atoms with Gasteiger partial charge in [-0.25, -0.2) is 0 Å². The van der Waals surface area contributed by atoms with Crippen LogP contribution in [0.5, 0.6) is 0 Å². The molecule has 0 heterocycles. The second-order valence-corrected chi connectivity index (χ2v) is 6.83. The van der Waals surface area contributed by atoms with Gasteiger partial charge in [-0.3, -0.25) is 0 Å². The fourth-order valence-corrected chi connectivity index (χ4v) is 2.52. The van der Waals surface area contributed by atoms with Gasteiger partial charge in [0, 0.05) is 12.1 Å². The molecule has 0 fully saturated rings. The van der Waals surface area contributed by atoms with Crippen LogP contribution in [0.3, 0.4) is 0 Å². The van der Waals surface area contributed by atoms with Crippen molar-refractivity contribution in [2.24, 2.45) is 23.7 Å². The van der Waals surface area contributed by atoms with Gasteiger partial charge in [-0.2, -0.15) is 0 Å². The number of rotatable bonds is 9. The van der Waals surface area contributed by atoms with Crippen molar-refractivity contribution in [3.8, 4) is 0 Å². The van der Waals surface area contributed by atoms with Crippen molar-refractivity contribution < 1.29 is 0 Å². The summed E-state index contributed by atoms with van der Waals surface area (Å²) < 4.78 is 0. The number of hydrogen-bond donors (Lipinski definition) is 1. The molecule has 1 N–H and O–H groups in total. The Morgan fingerprint density at radius 3 is 1.78 bits per heavy atom. The Balaban J connectivity index is 4.22. The minimum atomic E-state index is 0.612. The molecule has 110 valence electrons. The summed E-state index contributed by atoms with van der Waals surface area (Å²) in [5.74, 6) is 3.11. The highest BCUT2D eigenvalue weighted by molar-refractivity contribution is 4.79. The van der Waals surface area contributed by atoms with Crippen molar-refractivity contribution in [3.63, 3.8) is 0 Å². The molecule has 0 amide bonds. The van der Waals surface area contributed by atoms with E-state index in [2.05, 4.69) is 60.7 Å². The summed E-state index contributed by atoms with van der Waals surface area (Å²) in [7, 11) is 0. The van der Waals surface area contributed by atoms with Gasteiger partial charge < -0.3 is 5.32 Å². The van der Waals surface area contributed by atoms with Crippen LogP contribution in [0.15, 0.2) is 0 Å². The maximum atomic E-state index is 3.77. The average molecular weight is 255 g/mol. The van der Waals surface area contributed by atoms with Crippen molar-refractivity contribution in [2.75, 3.05) is 0 Å². The zero-order valence-electron chi connectivity index (χ0n) is 14.1. The first-order chi connectivity index (χ1) is 8.31. The lowest BCUT2D eigenvalue weighted by atomic mass is 9.79. The lowest BCUT2D eigenvalue weighted by Gasteiger charge is -2.33. The van der Waals surface area contributed by atoms with E-state index in [1.54, 1.807) is 0 Å². The molecule has 1 nitrogen and oxygen atoms in total. The number of unbranched alkanes of at least 4 members (excludes halogenated alkanes) is 1. The normalized spacial score (nSPS) is 20.5. The molecule has 0 aliphatic carbocycles. The van der Waals surface area contributed by atoms with Gasteiger partial charge in [0.1, 0.15) is 0 Å². The number of nitrogens with one attached hydrogen (secondary N) is 1. The lowest BCUT2D eigenvalue weighted by molar-refractivity contribution is 0.202. The van der Waals surface area contributed by atoms with Gasteiger partial charge in [0.15, 0.2) is 0 Å². The second kappa shape index (κ2) is 8.96. The van der Waals surface area contributed by atoms with Crippen LogP contribution in [0, 0.1) is 23.7 Å². The van der Waals surface area contributed by atoms with Crippen molar-refractivity contribution in [1.82, 2.24) is 5.32 Å². The molecule has 0 aromatic carbocycles. The van der Waals surface area contributed by atoms with Gasteiger partial charge in [-0.1, -0.05) is 60.8 Å². The highest BCUT2D eigenvalue weighted by Gasteiger charge is 2.24. The van der Waals surface area contributed by atoms with Crippen molar-refractivity contribution in [2.45, 2.75) is 86.7 Å². The molecule has 5 atom stereocenters. The predicted molar refractivity (Wildman–Crippen MR) is 83.9 cm³/mol. The first-order valence-corrected chi connectivity index (χ1v) is 8.07. The van der Waals surface area contributed by atoms with Crippen LogP contribution in [-0.4, -0.2) is 12.1 Å². The predicted octanol–water partition coefficient (Wildman–Crippen LogP) is 5.11. The van der Waals surface area contributed by atoms with Gasteiger partial charge >= 0.3 is 0 Å². The highest BCUT2D eigenvalue weighted by Crippen LogP contribution is 2.27. The Hall–Kier alpha value is -0.0400. The summed E-state index contributed by atoms with van der Waals surface area (Å²) in [6, 6.07) is 1.22. The summed E-state index contributed by atoms with van der Waals surface area (Å²) in [5, 5.41) is 3.77. The van der Waals surface area contributed by atoms with Gasteiger partial charge in [-0.15, -0.1) is 0 Å². The van der Waals surface area contributed by atoms with Crippen LogP contribution < -0.4 is 5.32 Å². The van der Waals surface area contributed by atoms with Crippen LogP contribution in [-0.2, 0) is 0 Å². The fourth-order valence-electron chi connectivity index (χ4n) is 2.52. The third kappa shape index (κ3) is 6.22. The van der Waals surface area contributed by atoms with E-state index in [9.17, 15) is 0 Å². The lowest BCUT2D eigenvalue weighted by Crippen LogP contribution is -2.43. The molecule has 1 heteroatoms. The minimum absolute atomic E-state index is 0.612. The molecule has 0 bridgehead atoms. The van der Waals surface area contributed by atoms with Crippen molar-refractivity contribution in [1.29, 1.82) is 0 Å². The van der Waals surface area contributed by atoms with E-state index in [0.717, 1.165) is 17.8 Å². The Morgan fingerprint density at radius 2 is 1.33 bits per heavy atom. The zero-order valence-corrected chi connectivity index (χ0v) is 14.1. The van der Waals surface area contributed by atoms with Crippen molar-refractivity contribution in [3.05, 3.63) is 0 Å². The van der Waals surface area contributed by atoms with Crippen molar-refractivity contribution >= 4 is 0 Å². The molecule has 0 rings (SSSR count). The Labute approximate surface area is 116 Å². The molecule has 5 unspecified atom stereocenters. The van der Waals surface area contributed by atoms with Gasteiger partial charge in [0.2, 0.25) is 0 Å². The largest absolute Gasteiger partial charge is 0.311 e. The van der Waals surface area contributed by atoms with E-state index in [-0.39, 0.29) is 0 Å². The zero-order chi connectivity index (χ0) is 14.3. The fraction of sp³-hybridized carbons (Fsp3) is 1.00. The summed E-state index contributed by atoms with van der Waals surface area (Å²) >= 11 is 0. The topological polar surface area (TPSA) is 12.0 Å². The summed E-state index contributed by atoms with van der Waals surface area (Å²) in [6.07, 6.45) is 4.08. The Morgan fingerprint density at radius 1 is 0.778 bits per heavy atom. The van der Waals surface area contributed by atoms with Crippen LogP contribution in [0.2, 0.25) is 0 Å². The molecule has 0 aliphatic rings. The van der Waals surface area contributed by atoms with E-state index in [4.69, 9.17) is 0 Å². The molecule has 18 heavy (non-hydrogen) atoms. The SMILES string of the molecule is CCCCC(C)C(C)C(C)C(C)NC(C)C(C)C. The van der Waals surface area contributed by atoms with Crippen LogP contribution in [0.4, 0.5) is 0 Å². The van der Waals surface area contributed by atoms with Crippen LogP contribution >= 0.6 is 0 Å². The van der Waals surface area contributed by atoms with E-state index in [1.165, 1.54) is 19.3 Å². The maximum absolute atomic E-state index is 3.77. The summed E-state index contributed by atoms with van der Waals surface area (Å²) in [6.45, 7) is 18.8. The molecule has 0 saturated carbocycles. The first kappa shape index (κ1) is 18.0. The molecule has 0 spiro atoms. The standard InChI is InChI=1S/C17H37N/c1-9-10-11-13(4)14(5)15(6)17(8)18-16(7)12(2)3/h12-18H,9-11H2,1-8H3. The smallest absolute Gasteiger partial charge is 0.00695 e. The molecule has 0 radical (unpaired) electrons. The maximum Gasteiger partial charge on any atom is 0.00695 e. The van der Waals surface area contributed by atoms with E-state index in [0.29, 0.717) is 18.0 Å². The Kier molecular flexibility index (Phi) is 8.94.